The van der Waals surface area contributed by atoms with Crippen molar-refractivity contribution in [2.24, 2.45) is 0 Å². The zero-order valence-corrected chi connectivity index (χ0v) is 52.1. The van der Waals surface area contributed by atoms with Crippen molar-refractivity contribution in [2.45, 2.75) is 335 Å². The monoisotopic (exact) mass is 1100 g/mol. The van der Waals surface area contributed by atoms with E-state index < -0.39 is 6.10 Å². The maximum absolute atomic E-state index is 12.9. The van der Waals surface area contributed by atoms with Crippen LogP contribution < -0.4 is 0 Å². The van der Waals surface area contributed by atoms with Crippen LogP contribution >= 0.6 is 0 Å². The molecule has 79 heavy (non-hydrogen) atoms. The Balaban J connectivity index is 4.37. The summed E-state index contributed by atoms with van der Waals surface area (Å²) in [6.07, 6.45) is 89.9. The number of ether oxygens (including phenoxy) is 3. The highest BCUT2D eigenvalue weighted by Gasteiger charge is 2.19. The van der Waals surface area contributed by atoms with Crippen LogP contribution in [0.5, 0.6) is 0 Å². The Morgan fingerprint density at radius 3 is 0.810 bits per heavy atom. The molecule has 0 heterocycles. The summed E-state index contributed by atoms with van der Waals surface area (Å²) in [5.41, 5.74) is 0. The zero-order valence-electron chi connectivity index (χ0n) is 52.1. The number of hydrogen-bond donors (Lipinski definition) is 0. The van der Waals surface area contributed by atoms with Gasteiger partial charge < -0.3 is 14.2 Å². The molecule has 0 bridgehead atoms. The molecule has 0 spiro atoms. The van der Waals surface area contributed by atoms with E-state index in [-0.39, 0.29) is 31.1 Å². The average Bonchev–Trinajstić information content (AvgIpc) is 3.45. The third kappa shape index (κ3) is 65.0. The SMILES string of the molecule is CC/C=C\C/C=C\C/C=C\C/C=C\C/C=C\CCCCCCCC(=O)OC(COC(=O)CCCCCCC/C=C\C/C=C\CCCCC)COC(=O)CCCCCCCCCCCCCCC/C=C\CCCCCCCCCC. The molecule has 0 aliphatic rings. The molecule has 0 saturated heterocycles. The van der Waals surface area contributed by atoms with E-state index in [4.69, 9.17) is 14.2 Å². The van der Waals surface area contributed by atoms with Crippen LogP contribution in [0.2, 0.25) is 0 Å². The Bertz CT molecular complexity index is 1540. The lowest BCUT2D eigenvalue weighted by molar-refractivity contribution is -0.167. The highest BCUT2D eigenvalue weighted by molar-refractivity contribution is 5.71. The fraction of sp³-hybridized carbons (Fsp3) is 0.740. The quantitative estimate of drug-likeness (QED) is 0.0261. The molecule has 6 nitrogen and oxygen atoms in total. The standard InChI is InChI=1S/C73H126O6/c1-4-7-10-13-16-19-22-25-28-30-32-34-35-36-37-39-40-42-45-48-51-54-57-60-63-66-72(75)78-69-70(68-77-71(74)65-62-59-56-53-50-47-44-27-24-21-18-15-12-9-6-3)79-73(76)67-64-61-58-55-52-49-46-43-41-38-33-31-29-26-23-20-17-14-11-8-5-2/h8,11,17-18,20-21,26-27,29-30,32-33,38,43-44,46,70H,4-7,9-10,12-16,19,22-25,28,31,34-37,39-42,45,47-69H2,1-3H3/b11-8-,20-17-,21-18-,29-26-,32-30-,38-33-,44-27-,46-43-. The summed E-state index contributed by atoms with van der Waals surface area (Å²) >= 11 is 0. The predicted molar refractivity (Wildman–Crippen MR) is 344 cm³/mol. The highest BCUT2D eigenvalue weighted by Crippen LogP contribution is 2.16. The minimum Gasteiger partial charge on any atom is -0.462 e. The topological polar surface area (TPSA) is 78.9 Å². The van der Waals surface area contributed by atoms with E-state index in [9.17, 15) is 14.4 Å². The van der Waals surface area contributed by atoms with Crippen LogP contribution in [-0.2, 0) is 28.6 Å². The van der Waals surface area contributed by atoms with E-state index in [1.807, 2.05) is 0 Å². The third-order valence-electron chi connectivity index (χ3n) is 14.5. The maximum atomic E-state index is 12.9. The largest absolute Gasteiger partial charge is 0.462 e. The minimum atomic E-state index is -0.796. The molecule has 454 valence electrons. The number of esters is 3. The molecular formula is C73H126O6. The molecule has 0 aromatic rings. The summed E-state index contributed by atoms with van der Waals surface area (Å²) in [6.45, 7) is 6.51. The van der Waals surface area contributed by atoms with Gasteiger partial charge in [0.1, 0.15) is 13.2 Å². The van der Waals surface area contributed by atoms with Gasteiger partial charge >= 0.3 is 17.9 Å². The second-order valence-electron chi connectivity index (χ2n) is 22.3. The minimum absolute atomic E-state index is 0.0892. The second kappa shape index (κ2) is 66.8. The maximum Gasteiger partial charge on any atom is 0.306 e. The lowest BCUT2D eigenvalue weighted by Crippen LogP contribution is -2.30. The summed E-state index contributed by atoms with van der Waals surface area (Å²) in [5.74, 6) is -0.911. The zero-order chi connectivity index (χ0) is 57.1. The van der Waals surface area contributed by atoms with Gasteiger partial charge in [-0.05, 0) is 122 Å². The van der Waals surface area contributed by atoms with E-state index in [2.05, 4.69) is 118 Å². The Morgan fingerprint density at radius 1 is 0.266 bits per heavy atom. The first-order valence-corrected chi connectivity index (χ1v) is 33.7. The molecule has 0 aliphatic heterocycles. The van der Waals surface area contributed by atoms with Gasteiger partial charge in [0.25, 0.3) is 0 Å². The second-order valence-corrected chi connectivity index (χ2v) is 22.3. The first kappa shape index (κ1) is 75.3. The van der Waals surface area contributed by atoms with E-state index in [1.165, 1.54) is 154 Å². The van der Waals surface area contributed by atoms with Crippen molar-refractivity contribution >= 4 is 17.9 Å². The number of hydrogen-bond acceptors (Lipinski definition) is 6. The summed E-state index contributed by atoms with van der Waals surface area (Å²) in [4.78, 5) is 38.4. The van der Waals surface area contributed by atoms with Gasteiger partial charge in [0, 0.05) is 19.3 Å². The van der Waals surface area contributed by atoms with Crippen molar-refractivity contribution in [3.63, 3.8) is 0 Å². The molecule has 6 heteroatoms. The molecule has 0 fully saturated rings. The number of rotatable bonds is 61. The van der Waals surface area contributed by atoms with Crippen LogP contribution in [0.1, 0.15) is 329 Å². The molecule has 0 saturated carbocycles. The van der Waals surface area contributed by atoms with Crippen molar-refractivity contribution < 1.29 is 28.6 Å². The number of allylic oxidation sites excluding steroid dienone is 16. The lowest BCUT2D eigenvalue weighted by atomic mass is 10.0. The number of carbonyl (C=O) groups excluding carboxylic acids is 3. The lowest BCUT2D eigenvalue weighted by Gasteiger charge is -2.18. The van der Waals surface area contributed by atoms with E-state index in [0.29, 0.717) is 19.3 Å². The van der Waals surface area contributed by atoms with Crippen LogP contribution in [0, 0.1) is 0 Å². The molecular weight excluding hydrogens is 973 g/mol. The molecule has 0 aliphatic carbocycles. The predicted octanol–water partition coefficient (Wildman–Crippen LogP) is 23.2. The molecule has 1 atom stereocenters. The molecule has 0 rings (SSSR count). The van der Waals surface area contributed by atoms with E-state index in [0.717, 1.165) is 135 Å². The first-order valence-electron chi connectivity index (χ1n) is 33.7. The Hall–Kier alpha value is -3.67. The molecule has 0 N–H and O–H groups in total. The molecule has 0 aromatic carbocycles. The number of unbranched alkanes of at least 4 members (excludes halogenated alkanes) is 34. The van der Waals surface area contributed by atoms with Gasteiger partial charge in [0.2, 0.25) is 0 Å². The van der Waals surface area contributed by atoms with Gasteiger partial charge in [0.05, 0.1) is 0 Å². The fourth-order valence-corrected chi connectivity index (χ4v) is 9.50. The van der Waals surface area contributed by atoms with Crippen LogP contribution in [0.25, 0.3) is 0 Å². The molecule has 0 amide bonds. The summed E-state index contributed by atoms with van der Waals surface area (Å²) in [6, 6.07) is 0. The van der Waals surface area contributed by atoms with Gasteiger partial charge in [-0.15, -0.1) is 0 Å². The van der Waals surface area contributed by atoms with E-state index >= 15 is 0 Å². The molecule has 1 unspecified atom stereocenters. The third-order valence-corrected chi connectivity index (χ3v) is 14.5. The van der Waals surface area contributed by atoms with Gasteiger partial charge in [-0.1, -0.05) is 285 Å². The van der Waals surface area contributed by atoms with Gasteiger partial charge in [-0.3, -0.25) is 14.4 Å². The summed E-state index contributed by atoms with van der Waals surface area (Å²) < 4.78 is 16.9. The van der Waals surface area contributed by atoms with Crippen LogP contribution in [0.3, 0.4) is 0 Å². The highest BCUT2D eigenvalue weighted by atomic mass is 16.6. The van der Waals surface area contributed by atoms with Crippen molar-refractivity contribution in [1.82, 2.24) is 0 Å². The Labute approximate surface area is 489 Å². The molecule has 0 radical (unpaired) electrons. The van der Waals surface area contributed by atoms with Crippen LogP contribution in [-0.4, -0.2) is 37.2 Å². The molecule has 0 aromatic heterocycles. The number of carbonyl (C=O) groups is 3. The van der Waals surface area contributed by atoms with Crippen molar-refractivity contribution in [1.29, 1.82) is 0 Å². The average molecular weight is 1100 g/mol. The Kier molecular flexibility index (Phi) is 63.7. The first-order chi connectivity index (χ1) is 39.0. The van der Waals surface area contributed by atoms with E-state index in [1.54, 1.807) is 0 Å². The van der Waals surface area contributed by atoms with Gasteiger partial charge in [0.15, 0.2) is 6.10 Å². The van der Waals surface area contributed by atoms with Crippen LogP contribution in [0.4, 0.5) is 0 Å². The van der Waals surface area contributed by atoms with Crippen LogP contribution in [0.15, 0.2) is 97.2 Å². The van der Waals surface area contributed by atoms with Crippen molar-refractivity contribution in [2.75, 3.05) is 13.2 Å². The van der Waals surface area contributed by atoms with Gasteiger partial charge in [-0.25, -0.2) is 0 Å². The summed E-state index contributed by atoms with van der Waals surface area (Å²) in [7, 11) is 0. The fourth-order valence-electron chi connectivity index (χ4n) is 9.50. The van der Waals surface area contributed by atoms with Crippen molar-refractivity contribution in [3.05, 3.63) is 97.2 Å². The smallest absolute Gasteiger partial charge is 0.306 e. The summed E-state index contributed by atoms with van der Waals surface area (Å²) in [5, 5.41) is 0. The normalized spacial score (nSPS) is 12.7. The van der Waals surface area contributed by atoms with Gasteiger partial charge in [-0.2, -0.15) is 0 Å². The Morgan fingerprint density at radius 2 is 0.494 bits per heavy atom. The van der Waals surface area contributed by atoms with Crippen molar-refractivity contribution in [3.8, 4) is 0 Å².